The molecule has 0 fully saturated rings. The van der Waals surface area contributed by atoms with Gasteiger partial charge in [0.2, 0.25) is 15.9 Å². The Morgan fingerprint density at radius 2 is 1.74 bits per heavy atom. The quantitative estimate of drug-likeness (QED) is 0.742. The molecule has 0 aliphatic carbocycles. The van der Waals surface area contributed by atoms with E-state index in [1.165, 1.54) is 10.6 Å². The van der Waals surface area contributed by atoms with Crippen molar-refractivity contribution in [3.63, 3.8) is 0 Å². The summed E-state index contributed by atoms with van der Waals surface area (Å²) in [6.45, 7) is 6.24. The number of rotatable bonds is 8. The van der Waals surface area contributed by atoms with Crippen LogP contribution in [0.5, 0.6) is 0 Å². The Kier molecular flexibility index (Phi) is 7.02. The number of benzene rings is 2. The minimum atomic E-state index is -3.40. The van der Waals surface area contributed by atoms with Crippen LogP contribution in [0.1, 0.15) is 36.5 Å². The van der Waals surface area contributed by atoms with Gasteiger partial charge in [0.1, 0.15) is 0 Å². The summed E-state index contributed by atoms with van der Waals surface area (Å²) in [4.78, 5) is 12.4. The molecule has 0 unspecified atom stereocenters. The molecule has 1 amide bonds. The van der Waals surface area contributed by atoms with E-state index in [-0.39, 0.29) is 18.9 Å². The van der Waals surface area contributed by atoms with Crippen molar-refractivity contribution in [1.29, 1.82) is 0 Å². The van der Waals surface area contributed by atoms with E-state index in [0.717, 1.165) is 28.8 Å². The molecule has 0 aliphatic heterocycles. The van der Waals surface area contributed by atoms with Crippen molar-refractivity contribution >= 4 is 27.3 Å². The van der Waals surface area contributed by atoms with Crippen molar-refractivity contribution < 1.29 is 13.2 Å². The highest BCUT2D eigenvalue weighted by Gasteiger charge is 2.17. The summed E-state index contributed by atoms with van der Waals surface area (Å²) >= 11 is 0. The van der Waals surface area contributed by atoms with Gasteiger partial charge < -0.3 is 5.32 Å². The SMILES string of the molecule is CCc1cccc(C)c1NC(=O)CCCN(c1ccc(C)cc1)S(C)(=O)=O. The largest absolute Gasteiger partial charge is 0.326 e. The standard InChI is InChI=1S/C21H28N2O3S/c1-5-18-9-6-8-17(3)21(18)22-20(24)10-7-15-23(27(4,25)26)19-13-11-16(2)12-14-19/h6,8-9,11-14H,5,7,10,15H2,1-4H3,(H,22,24). The van der Waals surface area contributed by atoms with Crippen molar-refractivity contribution in [3.05, 3.63) is 59.2 Å². The van der Waals surface area contributed by atoms with Gasteiger partial charge in [0.05, 0.1) is 11.9 Å². The number of hydrogen-bond donors (Lipinski definition) is 1. The molecular formula is C21H28N2O3S. The van der Waals surface area contributed by atoms with Gasteiger partial charge in [-0.1, -0.05) is 42.8 Å². The second-order valence-electron chi connectivity index (χ2n) is 6.78. The molecule has 1 N–H and O–H groups in total. The molecule has 0 aliphatic rings. The number of anilines is 2. The number of nitrogens with one attached hydrogen (secondary N) is 1. The molecule has 2 rings (SSSR count). The second-order valence-corrected chi connectivity index (χ2v) is 8.69. The second kappa shape index (κ2) is 9.04. The summed E-state index contributed by atoms with van der Waals surface area (Å²) in [5.74, 6) is -0.101. The zero-order valence-corrected chi connectivity index (χ0v) is 17.3. The summed E-state index contributed by atoms with van der Waals surface area (Å²) in [5.41, 5.74) is 4.68. The van der Waals surface area contributed by atoms with Crippen molar-refractivity contribution in [2.75, 3.05) is 22.4 Å². The fraction of sp³-hybridized carbons (Fsp3) is 0.381. The van der Waals surface area contributed by atoms with Gasteiger partial charge in [-0.15, -0.1) is 0 Å². The number of carbonyl (C=O) groups excluding carboxylic acids is 1. The lowest BCUT2D eigenvalue weighted by Crippen LogP contribution is -2.31. The summed E-state index contributed by atoms with van der Waals surface area (Å²) in [7, 11) is -3.40. The van der Waals surface area contributed by atoms with Crippen LogP contribution in [0.2, 0.25) is 0 Å². The van der Waals surface area contributed by atoms with Gasteiger partial charge in [0.25, 0.3) is 0 Å². The number of carbonyl (C=O) groups is 1. The van der Waals surface area contributed by atoms with Gasteiger partial charge in [-0.05, 0) is 49.9 Å². The third kappa shape index (κ3) is 5.82. The molecule has 0 radical (unpaired) electrons. The molecule has 6 heteroatoms. The van der Waals surface area contributed by atoms with Gasteiger partial charge in [0.15, 0.2) is 0 Å². The van der Waals surface area contributed by atoms with E-state index in [2.05, 4.69) is 12.2 Å². The van der Waals surface area contributed by atoms with Gasteiger partial charge in [0, 0.05) is 18.7 Å². The maximum Gasteiger partial charge on any atom is 0.232 e. The zero-order chi connectivity index (χ0) is 20.0. The molecule has 2 aromatic carbocycles. The Labute approximate surface area is 162 Å². The molecule has 0 saturated carbocycles. The molecular weight excluding hydrogens is 360 g/mol. The van der Waals surface area contributed by atoms with Crippen LogP contribution in [0.4, 0.5) is 11.4 Å². The maximum absolute atomic E-state index is 12.4. The normalized spacial score (nSPS) is 11.3. The van der Waals surface area contributed by atoms with Crippen LogP contribution < -0.4 is 9.62 Å². The summed E-state index contributed by atoms with van der Waals surface area (Å²) in [6, 6.07) is 13.3. The highest BCUT2D eigenvalue weighted by Crippen LogP contribution is 2.22. The predicted molar refractivity (Wildman–Crippen MR) is 112 cm³/mol. The number of hydrogen-bond acceptors (Lipinski definition) is 3. The number of sulfonamides is 1. The Balaban J connectivity index is 2.01. The molecule has 0 spiro atoms. The minimum Gasteiger partial charge on any atom is -0.326 e. The number of para-hydroxylation sites is 1. The topological polar surface area (TPSA) is 66.5 Å². The van der Waals surface area contributed by atoms with E-state index in [9.17, 15) is 13.2 Å². The van der Waals surface area contributed by atoms with Crippen LogP contribution in [-0.2, 0) is 21.2 Å². The van der Waals surface area contributed by atoms with Gasteiger partial charge in [-0.3, -0.25) is 9.10 Å². The summed E-state index contributed by atoms with van der Waals surface area (Å²) in [6.07, 6.45) is 2.73. The highest BCUT2D eigenvalue weighted by molar-refractivity contribution is 7.92. The van der Waals surface area contributed by atoms with Crippen molar-refractivity contribution in [1.82, 2.24) is 0 Å². The maximum atomic E-state index is 12.4. The first-order valence-corrected chi connectivity index (χ1v) is 11.0. The fourth-order valence-corrected chi connectivity index (χ4v) is 3.95. The molecule has 0 aromatic heterocycles. The van der Waals surface area contributed by atoms with Crippen molar-refractivity contribution in [2.45, 2.75) is 40.0 Å². The van der Waals surface area contributed by atoms with Crippen LogP contribution in [0.3, 0.4) is 0 Å². The van der Waals surface area contributed by atoms with E-state index >= 15 is 0 Å². The fourth-order valence-electron chi connectivity index (χ4n) is 2.98. The third-order valence-corrected chi connectivity index (χ3v) is 5.69. The smallest absolute Gasteiger partial charge is 0.232 e. The first-order chi connectivity index (χ1) is 12.7. The molecule has 0 atom stereocenters. The van der Waals surface area contributed by atoms with Crippen LogP contribution in [-0.4, -0.2) is 27.1 Å². The van der Waals surface area contributed by atoms with E-state index < -0.39 is 10.0 Å². The molecule has 0 saturated heterocycles. The predicted octanol–water partition coefficient (Wildman–Crippen LogP) is 4.05. The van der Waals surface area contributed by atoms with Crippen LogP contribution in [0.25, 0.3) is 0 Å². The van der Waals surface area contributed by atoms with Gasteiger partial charge >= 0.3 is 0 Å². The van der Waals surface area contributed by atoms with E-state index in [1.54, 1.807) is 12.1 Å². The zero-order valence-electron chi connectivity index (χ0n) is 16.5. The average Bonchev–Trinajstić information content (AvgIpc) is 2.60. The lowest BCUT2D eigenvalue weighted by atomic mass is 10.1. The number of amides is 1. The summed E-state index contributed by atoms with van der Waals surface area (Å²) in [5, 5.41) is 2.98. The molecule has 2 aromatic rings. The van der Waals surface area contributed by atoms with E-state index in [4.69, 9.17) is 0 Å². The lowest BCUT2D eigenvalue weighted by Gasteiger charge is -2.22. The number of aryl methyl sites for hydroxylation is 3. The van der Waals surface area contributed by atoms with E-state index in [0.29, 0.717) is 12.1 Å². The minimum absolute atomic E-state index is 0.101. The molecule has 0 bridgehead atoms. The third-order valence-electron chi connectivity index (χ3n) is 4.49. The van der Waals surface area contributed by atoms with Crippen LogP contribution in [0, 0.1) is 13.8 Å². The Morgan fingerprint density at radius 3 is 2.33 bits per heavy atom. The van der Waals surface area contributed by atoms with Crippen LogP contribution >= 0.6 is 0 Å². The average molecular weight is 389 g/mol. The Morgan fingerprint density at radius 1 is 1.07 bits per heavy atom. The van der Waals surface area contributed by atoms with Crippen molar-refractivity contribution in [3.8, 4) is 0 Å². The van der Waals surface area contributed by atoms with Gasteiger partial charge in [-0.2, -0.15) is 0 Å². The molecule has 27 heavy (non-hydrogen) atoms. The van der Waals surface area contributed by atoms with E-state index in [1.807, 2.05) is 44.2 Å². The van der Waals surface area contributed by atoms with Crippen LogP contribution in [0.15, 0.2) is 42.5 Å². The molecule has 5 nitrogen and oxygen atoms in total. The monoisotopic (exact) mass is 388 g/mol. The van der Waals surface area contributed by atoms with Crippen molar-refractivity contribution in [2.24, 2.45) is 0 Å². The summed E-state index contributed by atoms with van der Waals surface area (Å²) < 4.78 is 25.6. The molecule has 0 heterocycles. The highest BCUT2D eigenvalue weighted by atomic mass is 32.2. The first kappa shape index (κ1) is 21.0. The Hall–Kier alpha value is -2.34. The van der Waals surface area contributed by atoms with Gasteiger partial charge in [-0.25, -0.2) is 8.42 Å². The first-order valence-electron chi connectivity index (χ1n) is 9.15. The Bertz CT molecular complexity index is 890. The molecule has 146 valence electrons. The lowest BCUT2D eigenvalue weighted by molar-refractivity contribution is -0.116. The number of nitrogens with zero attached hydrogens (tertiary/aromatic N) is 1.